The van der Waals surface area contributed by atoms with Gasteiger partial charge in [0.2, 0.25) is 0 Å². The Morgan fingerprint density at radius 1 is 0.593 bits per heavy atom. The largest absolute Gasteiger partial charge is 0.249 e. The highest BCUT2D eigenvalue weighted by Crippen LogP contribution is 2.30. The third kappa shape index (κ3) is 2.76. The molecule has 0 atom stereocenters. The zero-order valence-electron chi connectivity index (χ0n) is 15.1. The van der Waals surface area contributed by atoms with Crippen molar-refractivity contribution in [3.05, 3.63) is 96.7 Å². The van der Waals surface area contributed by atoms with Gasteiger partial charge in [-0.15, -0.1) is 0 Å². The number of hydrogen-bond acceptors (Lipinski definition) is 2. The van der Waals surface area contributed by atoms with Crippen LogP contribution in [0.2, 0.25) is 0 Å². The zero-order chi connectivity index (χ0) is 18.2. The third-order valence-electron chi connectivity index (χ3n) is 4.98. The molecular weight excluding hydrogens is 328 g/mol. The van der Waals surface area contributed by atoms with Crippen molar-refractivity contribution in [2.75, 3.05) is 0 Å². The van der Waals surface area contributed by atoms with Gasteiger partial charge in [-0.2, -0.15) is 0 Å². The molecule has 0 aliphatic heterocycles. The number of rotatable bonds is 2. The lowest BCUT2D eigenvalue weighted by molar-refractivity contribution is 1.19. The van der Waals surface area contributed by atoms with E-state index in [1.807, 2.05) is 31.2 Å². The predicted molar refractivity (Wildman–Crippen MR) is 113 cm³/mol. The Kier molecular flexibility index (Phi) is 3.68. The van der Waals surface area contributed by atoms with Crippen LogP contribution in [-0.4, -0.2) is 9.97 Å². The second-order valence-electron chi connectivity index (χ2n) is 6.76. The van der Waals surface area contributed by atoms with Gasteiger partial charge < -0.3 is 0 Å². The molecule has 1 heterocycles. The van der Waals surface area contributed by atoms with E-state index >= 15 is 0 Å². The van der Waals surface area contributed by atoms with Gasteiger partial charge in [-0.05, 0) is 35.6 Å². The van der Waals surface area contributed by atoms with E-state index in [1.165, 1.54) is 16.5 Å². The molecule has 0 aliphatic carbocycles. The van der Waals surface area contributed by atoms with Crippen LogP contribution in [0.25, 0.3) is 44.2 Å². The number of hydrogen-bond donors (Lipinski definition) is 0. The monoisotopic (exact) mass is 346 g/mol. The van der Waals surface area contributed by atoms with Crippen LogP contribution in [0, 0.1) is 6.92 Å². The standard InChI is InChI=1S/C25H18N2/c1-17-24(19-10-6-3-7-11-19)27-23-15-13-21-16-20(18-8-4-2-5-9-18)12-14-22(21)25(23)26-17/h2-16H,1H3. The molecular formula is C25H18N2. The summed E-state index contributed by atoms with van der Waals surface area (Å²) in [5.41, 5.74) is 7.33. The van der Waals surface area contributed by atoms with E-state index in [4.69, 9.17) is 9.97 Å². The van der Waals surface area contributed by atoms with Gasteiger partial charge in [-0.1, -0.05) is 78.9 Å². The fourth-order valence-electron chi connectivity index (χ4n) is 3.61. The highest BCUT2D eigenvalue weighted by molar-refractivity contribution is 6.05. The van der Waals surface area contributed by atoms with Crippen LogP contribution in [0.5, 0.6) is 0 Å². The Morgan fingerprint density at radius 3 is 2.04 bits per heavy atom. The van der Waals surface area contributed by atoms with Crippen LogP contribution in [0.15, 0.2) is 91.0 Å². The lowest BCUT2D eigenvalue weighted by Gasteiger charge is -2.10. The minimum absolute atomic E-state index is 0.930. The molecule has 5 aromatic rings. The summed E-state index contributed by atoms with van der Waals surface area (Å²) in [6.07, 6.45) is 0. The SMILES string of the molecule is Cc1nc2c(ccc3cc(-c4ccccc4)ccc32)nc1-c1ccccc1. The molecule has 2 nitrogen and oxygen atoms in total. The van der Waals surface area contributed by atoms with Crippen molar-refractivity contribution in [3.8, 4) is 22.4 Å². The fourth-order valence-corrected chi connectivity index (χ4v) is 3.61. The van der Waals surface area contributed by atoms with Gasteiger partial charge in [-0.3, -0.25) is 0 Å². The van der Waals surface area contributed by atoms with E-state index in [-0.39, 0.29) is 0 Å². The van der Waals surface area contributed by atoms with Gasteiger partial charge in [0.1, 0.15) is 0 Å². The van der Waals surface area contributed by atoms with Gasteiger partial charge in [0, 0.05) is 10.9 Å². The average molecular weight is 346 g/mol. The lowest BCUT2D eigenvalue weighted by Crippen LogP contribution is -1.95. The number of aromatic nitrogens is 2. The molecule has 0 bridgehead atoms. The van der Waals surface area contributed by atoms with E-state index < -0.39 is 0 Å². The van der Waals surface area contributed by atoms with Gasteiger partial charge >= 0.3 is 0 Å². The Bertz CT molecular complexity index is 1260. The third-order valence-corrected chi connectivity index (χ3v) is 4.98. The smallest absolute Gasteiger partial charge is 0.0968 e. The van der Waals surface area contributed by atoms with Crippen molar-refractivity contribution in [3.63, 3.8) is 0 Å². The van der Waals surface area contributed by atoms with Crippen LogP contribution in [0.1, 0.15) is 5.69 Å². The minimum atomic E-state index is 0.930. The molecule has 0 unspecified atom stereocenters. The molecule has 0 aliphatic rings. The van der Waals surface area contributed by atoms with Crippen molar-refractivity contribution in [2.45, 2.75) is 6.92 Å². The summed E-state index contributed by atoms with van der Waals surface area (Å²) in [4.78, 5) is 9.83. The number of fused-ring (bicyclic) bond motifs is 3. The van der Waals surface area contributed by atoms with Gasteiger partial charge in [-0.25, -0.2) is 9.97 Å². The lowest BCUT2D eigenvalue weighted by atomic mass is 10.00. The topological polar surface area (TPSA) is 25.8 Å². The molecule has 2 heteroatoms. The fraction of sp³-hybridized carbons (Fsp3) is 0.0400. The number of aryl methyl sites for hydroxylation is 1. The average Bonchev–Trinajstić information content (AvgIpc) is 2.74. The van der Waals surface area contributed by atoms with Gasteiger partial charge in [0.25, 0.3) is 0 Å². The molecule has 0 amide bonds. The van der Waals surface area contributed by atoms with Crippen LogP contribution in [0.4, 0.5) is 0 Å². The normalized spacial score (nSPS) is 11.1. The first kappa shape index (κ1) is 15.7. The van der Waals surface area contributed by atoms with E-state index in [1.54, 1.807) is 0 Å². The van der Waals surface area contributed by atoms with E-state index in [2.05, 4.69) is 66.7 Å². The summed E-state index contributed by atoms with van der Waals surface area (Å²) in [5, 5.41) is 2.33. The minimum Gasteiger partial charge on any atom is -0.249 e. The molecule has 0 saturated carbocycles. The maximum Gasteiger partial charge on any atom is 0.0968 e. The van der Waals surface area contributed by atoms with E-state index in [0.717, 1.165) is 33.4 Å². The molecule has 1 aromatic heterocycles. The molecule has 0 fully saturated rings. The first-order chi connectivity index (χ1) is 13.3. The Morgan fingerprint density at radius 2 is 1.30 bits per heavy atom. The maximum absolute atomic E-state index is 4.92. The van der Waals surface area contributed by atoms with Crippen molar-refractivity contribution in [1.29, 1.82) is 0 Å². The van der Waals surface area contributed by atoms with Gasteiger partial charge in [0.05, 0.1) is 22.4 Å². The van der Waals surface area contributed by atoms with Crippen molar-refractivity contribution in [1.82, 2.24) is 9.97 Å². The Balaban J connectivity index is 1.70. The molecule has 4 aromatic carbocycles. The molecule has 0 saturated heterocycles. The Labute approximate surface area is 158 Å². The predicted octanol–water partition coefficient (Wildman–Crippen LogP) is 6.43. The summed E-state index contributed by atoms with van der Waals surface area (Å²) < 4.78 is 0. The van der Waals surface area contributed by atoms with E-state index in [9.17, 15) is 0 Å². The maximum atomic E-state index is 4.92. The zero-order valence-corrected chi connectivity index (χ0v) is 15.1. The first-order valence-corrected chi connectivity index (χ1v) is 9.11. The highest BCUT2D eigenvalue weighted by Gasteiger charge is 2.10. The second kappa shape index (κ2) is 6.33. The molecule has 5 rings (SSSR count). The van der Waals surface area contributed by atoms with Gasteiger partial charge in [0.15, 0.2) is 0 Å². The van der Waals surface area contributed by atoms with Crippen molar-refractivity contribution in [2.24, 2.45) is 0 Å². The summed E-state index contributed by atoms with van der Waals surface area (Å²) in [5.74, 6) is 0. The second-order valence-corrected chi connectivity index (χ2v) is 6.76. The number of benzene rings is 4. The quantitative estimate of drug-likeness (QED) is 0.344. The van der Waals surface area contributed by atoms with Crippen LogP contribution >= 0.6 is 0 Å². The van der Waals surface area contributed by atoms with E-state index in [0.29, 0.717) is 0 Å². The summed E-state index contributed by atoms with van der Waals surface area (Å²) in [6.45, 7) is 2.03. The summed E-state index contributed by atoms with van der Waals surface area (Å²) >= 11 is 0. The van der Waals surface area contributed by atoms with Crippen LogP contribution in [-0.2, 0) is 0 Å². The highest BCUT2D eigenvalue weighted by atomic mass is 14.8. The Hall–Kier alpha value is -3.52. The number of nitrogens with zero attached hydrogens (tertiary/aromatic N) is 2. The first-order valence-electron chi connectivity index (χ1n) is 9.11. The van der Waals surface area contributed by atoms with Crippen molar-refractivity contribution < 1.29 is 0 Å². The van der Waals surface area contributed by atoms with Crippen LogP contribution < -0.4 is 0 Å². The summed E-state index contributed by atoms with van der Waals surface area (Å²) in [7, 11) is 0. The van der Waals surface area contributed by atoms with Crippen molar-refractivity contribution >= 4 is 21.8 Å². The molecule has 27 heavy (non-hydrogen) atoms. The molecule has 0 spiro atoms. The molecule has 0 N–H and O–H groups in total. The molecule has 128 valence electrons. The summed E-state index contributed by atoms with van der Waals surface area (Å²) in [6, 6.07) is 31.5. The van der Waals surface area contributed by atoms with Crippen LogP contribution in [0.3, 0.4) is 0 Å². The molecule has 0 radical (unpaired) electrons.